The monoisotopic (exact) mass is 300 g/mol. The van der Waals surface area contributed by atoms with Crippen LogP contribution in [0.2, 0.25) is 0 Å². The standard InChI is InChI=1S/C16H17FN4O/c17-12-4-6-13(7-5-12)19-16-18-9-8-14(20-16)15(22)21-10-2-1-3-11-21/h4-9H,1-3,10-11H2,(H,18,19,20). The van der Waals surface area contributed by atoms with Crippen LogP contribution in [0.15, 0.2) is 36.5 Å². The highest BCUT2D eigenvalue weighted by Crippen LogP contribution is 2.15. The molecular formula is C16H17FN4O. The van der Waals surface area contributed by atoms with E-state index in [1.54, 1.807) is 24.4 Å². The first-order valence-corrected chi connectivity index (χ1v) is 7.37. The minimum Gasteiger partial charge on any atom is -0.337 e. The van der Waals surface area contributed by atoms with Gasteiger partial charge in [-0.2, -0.15) is 0 Å². The van der Waals surface area contributed by atoms with E-state index in [2.05, 4.69) is 15.3 Å². The Hall–Kier alpha value is -2.50. The first kappa shape index (κ1) is 14.4. The lowest BCUT2D eigenvalue weighted by atomic mass is 10.1. The van der Waals surface area contributed by atoms with Crippen LogP contribution in [0.4, 0.5) is 16.0 Å². The predicted octanol–water partition coefficient (Wildman–Crippen LogP) is 2.99. The molecule has 2 heterocycles. The number of anilines is 2. The molecule has 1 N–H and O–H groups in total. The number of nitrogens with zero attached hydrogens (tertiary/aromatic N) is 3. The molecule has 2 aromatic rings. The maximum absolute atomic E-state index is 12.9. The van der Waals surface area contributed by atoms with Gasteiger partial charge in [-0.15, -0.1) is 0 Å². The minimum absolute atomic E-state index is 0.0655. The van der Waals surface area contributed by atoms with E-state index in [0.717, 1.165) is 25.9 Å². The van der Waals surface area contributed by atoms with Crippen LogP contribution >= 0.6 is 0 Å². The second kappa shape index (κ2) is 6.51. The lowest BCUT2D eigenvalue weighted by Crippen LogP contribution is -2.36. The summed E-state index contributed by atoms with van der Waals surface area (Å²) < 4.78 is 12.9. The van der Waals surface area contributed by atoms with Crippen molar-refractivity contribution in [2.24, 2.45) is 0 Å². The van der Waals surface area contributed by atoms with E-state index in [1.807, 2.05) is 4.90 Å². The molecule has 1 aliphatic rings. The third-order valence-corrected chi connectivity index (χ3v) is 3.62. The maximum Gasteiger partial charge on any atom is 0.272 e. The van der Waals surface area contributed by atoms with Gasteiger partial charge in [0.2, 0.25) is 5.95 Å². The van der Waals surface area contributed by atoms with Crippen LogP contribution < -0.4 is 5.32 Å². The molecule has 1 saturated heterocycles. The summed E-state index contributed by atoms with van der Waals surface area (Å²) in [6.45, 7) is 1.56. The number of carbonyl (C=O) groups excluding carboxylic acids is 1. The molecule has 0 spiro atoms. The number of amides is 1. The summed E-state index contributed by atoms with van der Waals surface area (Å²) in [7, 11) is 0. The van der Waals surface area contributed by atoms with Gasteiger partial charge in [0.15, 0.2) is 0 Å². The van der Waals surface area contributed by atoms with Crippen LogP contribution in [0.3, 0.4) is 0 Å². The molecule has 3 rings (SSSR count). The normalized spacial score (nSPS) is 14.7. The molecule has 1 aromatic heterocycles. The largest absolute Gasteiger partial charge is 0.337 e. The summed E-state index contributed by atoms with van der Waals surface area (Å²) in [5.74, 6) is -0.0424. The van der Waals surface area contributed by atoms with Crippen molar-refractivity contribution in [1.29, 1.82) is 0 Å². The molecule has 22 heavy (non-hydrogen) atoms. The summed E-state index contributed by atoms with van der Waals surface area (Å²) in [4.78, 5) is 22.6. The van der Waals surface area contributed by atoms with Crippen LogP contribution in [0, 0.1) is 5.82 Å². The SMILES string of the molecule is O=C(c1ccnc(Nc2ccc(F)cc2)n1)N1CCCCC1. The fraction of sp³-hybridized carbons (Fsp3) is 0.312. The average Bonchev–Trinajstić information content (AvgIpc) is 2.57. The van der Waals surface area contributed by atoms with Crippen LogP contribution in [0.5, 0.6) is 0 Å². The van der Waals surface area contributed by atoms with Crippen LogP contribution in [0.25, 0.3) is 0 Å². The Bertz CT molecular complexity index is 653. The first-order chi connectivity index (χ1) is 10.7. The smallest absolute Gasteiger partial charge is 0.272 e. The summed E-state index contributed by atoms with van der Waals surface area (Å²) in [6, 6.07) is 7.51. The molecular weight excluding hydrogens is 283 g/mol. The maximum atomic E-state index is 12.9. The van der Waals surface area contributed by atoms with Crippen molar-refractivity contribution in [3.05, 3.63) is 48.0 Å². The van der Waals surface area contributed by atoms with Crippen molar-refractivity contribution in [2.75, 3.05) is 18.4 Å². The zero-order valence-electron chi connectivity index (χ0n) is 12.1. The molecule has 5 nitrogen and oxygen atoms in total. The molecule has 1 amide bonds. The van der Waals surface area contributed by atoms with Crippen LogP contribution in [-0.2, 0) is 0 Å². The highest BCUT2D eigenvalue weighted by molar-refractivity contribution is 5.92. The molecule has 0 saturated carbocycles. The van der Waals surface area contributed by atoms with Gasteiger partial charge in [-0.3, -0.25) is 4.79 Å². The number of aromatic nitrogens is 2. The number of hydrogen-bond acceptors (Lipinski definition) is 4. The fourth-order valence-corrected chi connectivity index (χ4v) is 2.46. The minimum atomic E-state index is -0.305. The molecule has 0 aliphatic carbocycles. The molecule has 6 heteroatoms. The number of likely N-dealkylation sites (tertiary alicyclic amines) is 1. The number of rotatable bonds is 3. The van der Waals surface area contributed by atoms with Gasteiger partial charge >= 0.3 is 0 Å². The van der Waals surface area contributed by atoms with Gasteiger partial charge in [0, 0.05) is 25.0 Å². The summed E-state index contributed by atoms with van der Waals surface area (Å²) >= 11 is 0. The second-order valence-corrected chi connectivity index (χ2v) is 5.25. The lowest BCUT2D eigenvalue weighted by molar-refractivity contribution is 0.0718. The Kier molecular flexibility index (Phi) is 4.27. The van der Waals surface area contributed by atoms with Crippen LogP contribution in [-0.4, -0.2) is 33.9 Å². The number of benzene rings is 1. The third-order valence-electron chi connectivity index (χ3n) is 3.62. The predicted molar refractivity (Wildman–Crippen MR) is 81.5 cm³/mol. The Balaban J connectivity index is 1.74. The van der Waals surface area contributed by atoms with Crippen molar-refractivity contribution < 1.29 is 9.18 Å². The topological polar surface area (TPSA) is 58.1 Å². The number of nitrogens with one attached hydrogen (secondary N) is 1. The summed E-state index contributed by atoms with van der Waals surface area (Å²) in [5, 5.41) is 2.97. The molecule has 0 unspecified atom stereocenters. The molecule has 0 bridgehead atoms. The van der Waals surface area contributed by atoms with Gasteiger partial charge in [-0.25, -0.2) is 14.4 Å². The van der Waals surface area contributed by atoms with Gasteiger partial charge in [-0.05, 0) is 49.6 Å². The number of halogens is 1. The van der Waals surface area contributed by atoms with Gasteiger partial charge in [0.25, 0.3) is 5.91 Å². The highest BCUT2D eigenvalue weighted by atomic mass is 19.1. The zero-order chi connectivity index (χ0) is 15.4. The van der Waals surface area contributed by atoms with E-state index < -0.39 is 0 Å². The molecule has 1 aliphatic heterocycles. The molecule has 1 fully saturated rings. The Labute approximate surface area is 128 Å². The van der Waals surface area contributed by atoms with E-state index >= 15 is 0 Å². The van der Waals surface area contributed by atoms with Crippen LogP contribution in [0.1, 0.15) is 29.8 Å². The Morgan fingerprint density at radius 2 is 1.82 bits per heavy atom. The van der Waals surface area contributed by atoms with Crippen molar-refractivity contribution >= 4 is 17.5 Å². The van der Waals surface area contributed by atoms with Crippen molar-refractivity contribution in [1.82, 2.24) is 14.9 Å². The second-order valence-electron chi connectivity index (χ2n) is 5.25. The van der Waals surface area contributed by atoms with E-state index in [4.69, 9.17) is 0 Å². The quantitative estimate of drug-likeness (QED) is 0.946. The van der Waals surface area contributed by atoms with Gasteiger partial charge in [-0.1, -0.05) is 0 Å². The van der Waals surface area contributed by atoms with Crippen molar-refractivity contribution in [3.63, 3.8) is 0 Å². The third kappa shape index (κ3) is 3.39. The number of piperidine rings is 1. The number of carbonyl (C=O) groups is 1. The summed E-state index contributed by atoms with van der Waals surface area (Å²) in [5.41, 5.74) is 1.05. The van der Waals surface area contributed by atoms with E-state index in [1.165, 1.54) is 18.6 Å². The van der Waals surface area contributed by atoms with E-state index in [0.29, 0.717) is 17.3 Å². The molecule has 0 atom stereocenters. The Morgan fingerprint density at radius 3 is 2.55 bits per heavy atom. The van der Waals surface area contributed by atoms with Crippen molar-refractivity contribution in [2.45, 2.75) is 19.3 Å². The lowest BCUT2D eigenvalue weighted by Gasteiger charge is -2.26. The highest BCUT2D eigenvalue weighted by Gasteiger charge is 2.19. The average molecular weight is 300 g/mol. The summed E-state index contributed by atoms with van der Waals surface area (Å²) in [6.07, 6.45) is 4.80. The van der Waals surface area contributed by atoms with Gasteiger partial charge in [0.05, 0.1) is 0 Å². The Morgan fingerprint density at radius 1 is 1.09 bits per heavy atom. The fourth-order valence-electron chi connectivity index (χ4n) is 2.46. The van der Waals surface area contributed by atoms with E-state index in [-0.39, 0.29) is 11.7 Å². The zero-order valence-corrected chi connectivity index (χ0v) is 12.1. The van der Waals surface area contributed by atoms with E-state index in [9.17, 15) is 9.18 Å². The van der Waals surface area contributed by atoms with Gasteiger partial charge < -0.3 is 10.2 Å². The molecule has 0 radical (unpaired) electrons. The number of hydrogen-bond donors (Lipinski definition) is 1. The van der Waals surface area contributed by atoms with Crippen molar-refractivity contribution in [3.8, 4) is 0 Å². The van der Waals surface area contributed by atoms with Gasteiger partial charge in [0.1, 0.15) is 11.5 Å². The molecule has 114 valence electrons. The first-order valence-electron chi connectivity index (χ1n) is 7.37. The molecule has 1 aromatic carbocycles.